The van der Waals surface area contributed by atoms with Crippen LogP contribution in [0, 0.1) is 17.6 Å². The van der Waals surface area contributed by atoms with E-state index < -0.39 is 34.4 Å². The first kappa shape index (κ1) is 26.1. The molecule has 0 fully saturated rings. The number of carbonyl (C=O) groups excluding carboxylic acids is 2. The third-order valence-corrected chi connectivity index (χ3v) is 8.53. The van der Waals surface area contributed by atoms with Crippen LogP contribution in [-0.4, -0.2) is 22.0 Å². The highest BCUT2D eigenvalue weighted by atomic mass is 32.1. The number of halogens is 2. The highest BCUT2D eigenvalue weighted by Gasteiger charge is 2.66. The monoisotopic (exact) mass is 584 g/mol. The van der Waals surface area contributed by atoms with Crippen molar-refractivity contribution in [1.29, 1.82) is 0 Å². The third-order valence-electron chi connectivity index (χ3n) is 7.60. The molecule has 5 aromatic rings. The van der Waals surface area contributed by atoms with Crippen LogP contribution in [0.1, 0.15) is 46.1 Å². The zero-order chi connectivity index (χ0) is 29.3. The summed E-state index contributed by atoms with van der Waals surface area (Å²) >= 11 is 1.14. The van der Waals surface area contributed by atoms with Gasteiger partial charge in [0, 0.05) is 17.5 Å². The molecule has 2 aliphatic rings. The molecule has 2 aliphatic heterocycles. The number of benzene rings is 3. The first-order valence-corrected chi connectivity index (χ1v) is 14.1. The van der Waals surface area contributed by atoms with Gasteiger partial charge >= 0.3 is 0 Å². The van der Waals surface area contributed by atoms with E-state index in [2.05, 4.69) is 10.2 Å². The Balaban J connectivity index is 1.54. The predicted octanol–water partition coefficient (Wildman–Crippen LogP) is 5.57. The first-order chi connectivity index (χ1) is 20.2. The summed E-state index contributed by atoms with van der Waals surface area (Å²) in [5.41, 5.74) is -2.03. The van der Waals surface area contributed by atoms with E-state index in [0.717, 1.165) is 23.5 Å². The van der Waals surface area contributed by atoms with Crippen LogP contribution < -0.4 is 15.2 Å². The number of carbonyl (C=O) groups is 2. The van der Waals surface area contributed by atoms with E-state index in [0.29, 0.717) is 22.7 Å². The number of amides is 2. The van der Waals surface area contributed by atoms with E-state index in [1.807, 2.05) is 13.8 Å². The highest BCUT2D eigenvalue weighted by Crippen LogP contribution is 2.54. The van der Waals surface area contributed by atoms with Gasteiger partial charge in [-0.1, -0.05) is 61.6 Å². The minimum Gasteiger partial charge on any atom is -0.450 e. The molecule has 1 unspecified atom stereocenters. The fourth-order valence-electron chi connectivity index (χ4n) is 5.86. The molecule has 0 radical (unpaired) electrons. The molecule has 2 amide bonds. The first-order valence-electron chi connectivity index (χ1n) is 13.3. The van der Waals surface area contributed by atoms with Crippen LogP contribution >= 0.6 is 11.3 Å². The molecule has 1 spiro atoms. The van der Waals surface area contributed by atoms with E-state index in [9.17, 15) is 23.2 Å². The highest BCUT2D eigenvalue weighted by molar-refractivity contribution is 7.15. The van der Waals surface area contributed by atoms with Crippen molar-refractivity contribution in [2.24, 2.45) is 5.92 Å². The van der Waals surface area contributed by atoms with Crippen LogP contribution in [0.25, 0.3) is 11.0 Å². The van der Waals surface area contributed by atoms with Gasteiger partial charge in [0.1, 0.15) is 22.2 Å². The SMILES string of the molecule is CC(C)Cc1nnc(N2C(=O)c3oc4ccc(F)cc4c(=O)c3C23C(=O)N(Cc2ccccc2F)c2ccccc23)s1. The van der Waals surface area contributed by atoms with Gasteiger partial charge in [0.2, 0.25) is 10.9 Å². The number of rotatable bonds is 5. The van der Waals surface area contributed by atoms with Gasteiger partial charge in [0.25, 0.3) is 11.8 Å². The molecule has 11 heteroatoms. The average molecular weight is 585 g/mol. The van der Waals surface area contributed by atoms with Crippen molar-refractivity contribution in [3.63, 3.8) is 0 Å². The summed E-state index contributed by atoms with van der Waals surface area (Å²) in [6.07, 6.45) is 0.587. The average Bonchev–Trinajstić information content (AvgIpc) is 3.59. The van der Waals surface area contributed by atoms with Crippen molar-refractivity contribution in [3.05, 3.63) is 116 Å². The molecule has 4 heterocycles. The minimum atomic E-state index is -2.04. The van der Waals surface area contributed by atoms with Crippen molar-refractivity contribution >= 4 is 44.9 Å². The third kappa shape index (κ3) is 3.59. The Morgan fingerprint density at radius 2 is 1.74 bits per heavy atom. The Kier molecular flexibility index (Phi) is 5.84. The van der Waals surface area contributed by atoms with Crippen LogP contribution in [0.4, 0.5) is 19.6 Å². The van der Waals surface area contributed by atoms with Crippen molar-refractivity contribution in [2.45, 2.75) is 32.4 Å². The number of aromatic nitrogens is 2. The second-order valence-corrected chi connectivity index (χ2v) is 11.7. The van der Waals surface area contributed by atoms with Gasteiger partial charge in [-0.3, -0.25) is 19.3 Å². The molecule has 7 rings (SSSR count). The summed E-state index contributed by atoms with van der Waals surface area (Å²) in [6, 6.07) is 16.2. The number of fused-ring (bicyclic) bond motifs is 5. The normalized spacial score (nSPS) is 17.6. The molecular formula is C31H22F2N4O4S. The van der Waals surface area contributed by atoms with E-state index in [4.69, 9.17) is 4.42 Å². The van der Waals surface area contributed by atoms with Crippen LogP contribution in [0.15, 0.2) is 75.9 Å². The number of hydrogen-bond donors (Lipinski definition) is 0. The molecule has 2 aromatic heterocycles. The van der Waals surface area contributed by atoms with Crippen molar-refractivity contribution in [3.8, 4) is 0 Å². The van der Waals surface area contributed by atoms with E-state index in [-0.39, 0.29) is 45.5 Å². The zero-order valence-corrected chi connectivity index (χ0v) is 23.2. The molecule has 0 aliphatic carbocycles. The number of para-hydroxylation sites is 1. The lowest BCUT2D eigenvalue weighted by Crippen LogP contribution is -2.53. The van der Waals surface area contributed by atoms with Gasteiger partial charge in [-0.25, -0.2) is 8.78 Å². The molecule has 0 bridgehead atoms. The molecular weight excluding hydrogens is 562 g/mol. The van der Waals surface area contributed by atoms with Gasteiger partial charge in [-0.15, -0.1) is 10.2 Å². The lowest BCUT2D eigenvalue weighted by molar-refractivity contribution is -0.121. The summed E-state index contributed by atoms with van der Waals surface area (Å²) in [6.45, 7) is 3.87. The number of nitrogens with zero attached hydrogens (tertiary/aromatic N) is 4. The Labute approximate surface area is 241 Å². The summed E-state index contributed by atoms with van der Waals surface area (Å²) in [5, 5.41) is 9.19. The molecule has 0 saturated carbocycles. The maximum atomic E-state index is 14.8. The van der Waals surface area contributed by atoms with Gasteiger partial charge in [-0.2, -0.15) is 0 Å². The minimum absolute atomic E-state index is 0.00482. The Morgan fingerprint density at radius 3 is 2.52 bits per heavy atom. The summed E-state index contributed by atoms with van der Waals surface area (Å²) in [7, 11) is 0. The van der Waals surface area contributed by atoms with Gasteiger partial charge < -0.3 is 9.32 Å². The van der Waals surface area contributed by atoms with Gasteiger partial charge in [-0.05, 0) is 36.2 Å². The standard InChI is InChI=1S/C31H22F2N4O4S/c1-16(2)13-24-34-35-30(42-24)37-28(39)27-25(26(38)19-14-18(32)11-12-23(19)41-27)31(37)20-8-4-6-10-22(20)36(29(31)40)15-17-7-3-5-9-21(17)33/h3-12,14,16H,13,15H2,1-2H3. The molecule has 3 aromatic carbocycles. The molecule has 210 valence electrons. The summed E-state index contributed by atoms with van der Waals surface area (Å²) < 4.78 is 35.1. The quantitative estimate of drug-likeness (QED) is 0.268. The maximum Gasteiger partial charge on any atom is 0.297 e. The zero-order valence-electron chi connectivity index (χ0n) is 22.4. The number of anilines is 2. The van der Waals surface area contributed by atoms with E-state index in [1.54, 1.807) is 42.5 Å². The number of hydrogen-bond acceptors (Lipinski definition) is 7. The van der Waals surface area contributed by atoms with Crippen LogP contribution in [0.3, 0.4) is 0 Å². The lowest BCUT2D eigenvalue weighted by atomic mass is 9.84. The van der Waals surface area contributed by atoms with Crippen LogP contribution in [-0.2, 0) is 23.3 Å². The second-order valence-electron chi connectivity index (χ2n) is 10.7. The van der Waals surface area contributed by atoms with Crippen molar-refractivity contribution in [2.75, 3.05) is 9.80 Å². The van der Waals surface area contributed by atoms with Crippen LogP contribution in [0.2, 0.25) is 0 Å². The molecule has 0 saturated heterocycles. The topological polar surface area (TPSA) is 96.6 Å². The smallest absolute Gasteiger partial charge is 0.297 e. The predicted molar refractivity (Wildman–Crippen MR) is 153 cm³/mol. The fourth-order valence-corrected chi connectivity index (χ4v) is 6.96. The maximum absolute atomic E-state index is 14.8. The van der Waals surface area contributed by atoms with E-state index in [1.165, 1.54) is 21.9 Å². The molecule has 42 heavy (non-hydrogen) atoms. The second kappa shape index (κ2) is 9.38. The molecule has 0 N–H and O–H groups in total. The summed E-state index contributed by atoms with van der Waals surface area (Å²) in [4.78, 5) is 45.8. The Bertz CT molecular complexity index is 2000. The van der Waals surface area contributed by atoms with Crippen molar-refractivity contribution < 1.29 is 22.8 Å². The molecule has 1 atom stereocenters. The fraction of sp³-hybridized carbons (Fsp3) is 0.194. The van der Waals surface area contributed by atoms with E-state index >= 15 is 0 Å². The largest absolute Gasteiger partial charge is 0.450 e. The van der Waals surface area contributed by atoms with Gasteiger partial charge in [0.05, 0.1) is 23.2 Å². The lowest BCUT2D eigenvalue weighted by Gasteiger charge is -2.32. The Hall–Kier alpha value is -4.77. The summed E-state index contributed by atoms with van der Waals surface area (Å²) in [5.74, 6) is -2.69. The van der Waals surface area contributed by atoms with Gasteiger partial charge in [0.15, 0.2) is 11.0 Å². The van der Waals surface area contributed by atoms with Crippen LogP contribution in [0.5, 0.6) is 0 Å². The Morgan fingerprint density at radius 1 is 0.976 bits per heavy atom. The molecule has 8 nitrogen and oxygen atoms in total. The van der Waals surface area contributed by atoms with Crippen molar-refractivity contribution in [1.82, 2.24) is 10.2 Å².